The van der Waals surface area contributed by atoms with Gasteiger partial charge in [0, 0.05) is 24.4 Å². The molecular formula is C22H20N8O3. The van der Waals surface area contributed by atoms with Gasteiger partial charge in [0.25, 0.3) is 11.5 Å². The fourth-order valence-electron chi connectivity index (χ4n) is 3.61. The van der Waals surface area contributed by atoms with E-state index in [-0.39, 0.29) is 23.9 Å². The number of carbonyl (C=O) groups excluding carboxylic acids is 2. The van der Waals surface area contributed by atoms with Crippen molar-refractivity contribution in [2.45, 2.75) is 31.7 Å². The predicted octanol–water partition coefficient (Wildman–Crippen LogP) is 1.10. The fourth-order valence-corrected chi connectivity index (χ4v) is 3.61. The number of amides is 2. The molecule has 0 radical (unpaired) electrons. The molecule has 2 N–H and O–H groups in total. The number of hydrogen-bond acceptors (Lipinski definition) is 7. The fraction of sp³-hybridized carbons (Fsp3) is 0.227. The Morgan fingerprint density at radius 2 is 1.82 bits per heavy atom. The molecule has 1 aliphatic rings. The molecule has 0 spiro atoms. The first-order valence-corrected chi connectivity index (χ1v) is 10.5. The number of carbonyl (C=O) groups is 2. The molecule has 0 aliphatic heterocycles. The minimum absolute atomic E-state index is 0.0723. The van der Waals surface area contributed by atoms with Crippen LogP contribution in [0.3, 0.4) is 0 Å². The van der Waals surface area contributed by atoms with Gasteiger partial charge in [-0.1, -0.05) is 12.1 Å². The summed E-state index contributed by atoms with van der Waals surface area (Å²) in [4.78, 5) is 42.2. The molecule has 166 valence electrons. The Morgan fingerprint density at radius 3 is 2.55 bits per heavy atom. The first kappa shape index (κ1) is 20.5. The van der Waals surface area contributed by atoms with E-state index in [4.69, 9.17) is 0 Å². The summed E-state index contributed by atoms with van der Waals surface area (Å²) < 4.78 is 3.17. The van der Waals surface area contributed by atoms with Gasteiger partial charge in [-0.15, -0.1) is 5.10 Å². The Balaban J connectivity index is 1.21. The van der Waals surface area contributed by atoms with Gasteiger partial charge in [-0.3, -0.25) is 29.8 Å². The third-order valence-corrected chi connectivity index (χ3v) is 5.43. The van der Waals surface area contributed by atoms with Crippen LogP contribution in [-0.4, -0.2) is 41.6 Å². The molecule has 1 fully saturated rings. The van der Waals surface area contributed by atoms with E-state index in [1.807, 2.05) is 12.1 Å². The summed E-state index contributed by atoms with van der Waals surface area (Å²) in [5.74, 6) is -0.246. The molecule has 0 bridgehead atoms. The van der Waals surface area contributed by atoms with Gasteiger partial charge in [-0.2, -0.15) is 0 Å². The maximum Gasteiger partial charge on any atom is 0.269 e. The summed E-state index contributed by atoms with van der Waals surface area (Å²) in [5.41, 5.74) is 6.44. The van der Waals surface area contributed by atoms with Crippen LogP contribution in [0.2, 0.25) is 0 Å². The molecule has 0 unspecified atom stereocenters. The lowest BCUT2D eigenvalue weighted by molar-refractivity contribution is -0.121. The van der Waals surface area contributed by atoms with Gasteiger partial charge in [0.05, 0.1) is 16.6 Å². The van der Waals surface area contributed by atoms with Crippen LogP contribution in [0.5, 0.6) is 0 Å². The Labute approximate surface area is 187 Å². The third kappa shape index (κ3) is 4.33. The van der Waals surface area contributed by atoms with E-state index in [1.165, 1.54) is 11.0 Å². The number of aromatic nitrogens is 6. The second-order valence-electron chi connectivity index (χ2n) is 7.76. The topological polar surface area (TPSA) is 137 Å². The van der Waals surface area contributed by atoms with Crippen molar-refractivity contribution < 1.29 is 9.59 Å². The molecule has 0 saturated heterocycles. The maximum absolute atomic E-state index is 12.9. The lowest BCUT2D eigenvalue weighted by atomic mass is 10.2. The van der Waals surface area contributed by atoms with Crippen molar-refractivity contribution in [3.8, 4) is 5.69 Å². The number of benzene rings is 2. The molecule has 5 rings (SSSR count). The van der Waals surface area contributed by atoms with Crippen molar-refractivity contribution >= 4 is 22.7 Å². The first-order chi connectivity index (χ1) is 16.1. The molecule has 2 heterocycles. The van der Waals surface area contributed by atoms with Gasteiger partial charge in [0.15, 0.2) is 0 Å². The van der Waals surface area contributed by atoms with Crippen LogP contribution in [0.25, 0.3) is 16.6 Å². The average Bonchev–Trinajstić information content (AvgIpc) is 3.52. The van der Waals surface area contributed by atoms with Crippen molar-refractivity contribution in [2.24, 2.45) is 0 Å². The highest BCUT2D eigenvalue weighted by Crippen LogP contribution is 2.34. The predicted molar refractivity (Wildman–Crippen MR) is 117 cm³/mol. The highest BCUT2D eigenvalue weighted by molar-refractivity contribution is 5.95. The van der Waals surface area contributed by atoms with Crippen LogP contribution < -0.4 is 16.4 Å². The van der Waals surface area contributed by atoms with Gasteiger partial charge >= 0.3 is 0 Å². The van der Waals surface area contributed by atoms with Crippen LogP contribution in [0, 0.1) is 0 Å². The number of nitrogens with one attached hydrogen (secondary N) is 2. The van der Waals surface area contributed by atoms with Crippen LogP contribution in [-0.2, 0) is 11.2 Å². The Bertz CT molecular complexity index is 1380. The average molecular weight is 444 g/mol. The number of rotatable bonds is 6. The van der Waals surface area contributed by atoms with Crippen molar-refractivity contribution in [3.05, 3.63) is 76.6 Å². The maximum atomic E-state index is 12.9. The SMILES string of the molecule is O=C(CCc1nc2ccccc2c(=O)n1C1CC1)NNC(=O)c1ccc(-n2cnnn2)cc1. The zero-order valence-electron chi connectivity index (χ0n) is 17.5. The van der Waals surface area contributed by atoms with E-state index in [1.54, 1.807) is 41.0 Å². The lowest BCUT2D eigenvalue weighted by Gasteiger charge is -2.13. The summed E-state index contributed by atoms with van der Waals surface area (Å²) in [6.07, 6.45) is 3.68. The number of hydrogen-bond donors (Lipinski definition) is 2. The first-order valence-electron chi connectivity index (χ1n) is 10.5. The zero-order valence-corrected chi connectivity index (χ0v) is 17.5. The number of tetrazole rings is 1. The molecule has 2 aromatic carbocycles. The molecule has 11 nitrogen and oxygen atoms in total. The summed E-state index contributed by atoms with van der Waals surface area (Å²) in [5, 5.41) is 11.5. The summed E-state index contributed by atoms with van der Waals surface area (Å²) in [6.45, 7) is 0. The number of nitrogens with zero attached hydrogens (tertiary/aromatic N) is 6. The van der Waals surface area contributed by atoms with Crippen LogP contribution in [0.4, 0.5) is 0 Å². The van der Waals surface area contributed by atoms with Crippen LogP contribution in [0.1, 0.15) is 41.5 Å². The zero-order chi connectivity index (χ0) is 22.8. The monoisotopic (exact) mass is 444 g/mol. The van der Waals surface area contributed by atoms with Crippen LogP contribution in [0.15, 0.2) is 59.7 Å². The van der Waals surface area contributed by atoms with E-state index in [2.05, 4.69) is 31.4 Å². The summed E-state index contributed by atoms with van der Waals surface area (Å²) in [6, 6.07) is 13.9. The molecular weight excluding hydrogens is 424 g/mol. The van der Waals surface area contributed by atoms with Gasteiger partial charge in [-0.25, -0.2) is 9.67 Å². The van der Waals surface area contributed by atoms with Crippen molar-refractivity contribution in [1.29, 1.82) is 0 Å². The summed E-state index contributed by atoms with van der Waals surface area (Å²) in [7, 11) is 0. The quantitative estimate of drug-likeness (QED) is 0.425. The minimum Gasteiger partial charge on any atom is -0.293 e. The Hall–Kier alpha value is -4.41. The molecule has 1 saturated carbocycles. The second kappa shape index (κ2) is 8.61. The van der Waals surface area contributed by atoms with E-state index in [0.29, 0.717) is 34.4 Å². The minimum atomic E-state index is -0.453. The number of para-hydroxylation sites is 1. The second-order valence-corrected chi connectivity index (χ2v) is 7.76. The van der Waals surface area contributed by atoms with E-state index in [0.717, 1.165) is 12.8 Å². The van der Waals surface area contributed by atoms with Gasteiger partial charge < -0.3 is 0 Å². The summed E-state index contributed by atoms with van der Waals surface area (Å²) >= 11 is 0. The highest BCUT2D eigenvalue weighted by Gasteiger charge is 2.28. The smallest absolute Gasteiger partial charge is 0.269 e. The number of hydrazine groups is 1. The molecule has 2 aromatic heterocycles. The molecule has 33 heavy (non-hydrogen) atoms. The lowest BCUT2D eigenvalue weighted by Crippen LogP contribution is -2.41. The third-order valence-electron chi connectivity index (χ3n) is 5.43. The van der Waals surface area contributed by atoms with Crippen molar-refractivity contribution in [2.75, 3.05) is 0 Å². The normalized spacial score (nSPS) is 13.1. The van der Waals surface area contributed by atoms with E-state index >= 15 is 0 Å². The van der Waals surface area contributed by atoms with Crippen molar-refractivity contribution in [1.82, 2.24) is 40.6 Å². The molecule has 4 aromatic rings. The molecule has 1 aliphatic carbocycles. The van der Waals surface area contributed by atoms with Crippen molar-refractivity contribution in [3.63, 3.8) is 0 Å². The van der Waals surface area contributed by atoms with Gasteiger partial charge in [0.2, 0.25) is 5.91 Å². The Morgan fingerprint density at radius 1 is 1.03 bits per heavy atom. The number of fused-ring (bicyclic) bond motifs is 1. The van der Waals surface area contributed by atoms with E-state index < -0.39 is 5.91 Å². The van der Waals surface area contributed by atoms with Gasteiger partial charge in [0.1, 0.15) is 12.2 Å². The molecule has 11 heteroatoms. The Kier molecular flexibility index (Phi) is 5.35. The highest BCUT2D eigenvalue weighted by atomic mass is 16.2. The van der Waals surface area contributed by atoms with Crippen LogP contribution >= 0.6 is 0 Å². The standard InChI is InChI=1S/C22H20N8O3/c31-20(25-26-21(32)14-5-7-15(8-6-14)29-13-23-27-28-29)12-11-19-24-18-4-2-1-3-17(18)22(33)30(19)16-9-10-16/h1-8,13,16H,9-12H2,(H,25,31)(H,26,32). The number of aryl methyl sites for hydroxylation is 1. The molecule has 2 amide bonds. The largest absolute Gasteiger partial charge is 0.293 e. The van der Waals surface area contributed by atoms with Gasteiger partial charge in [-0.05, 0) is 59.7 Å². The molecule has 0 atom stereocenters. The van der Waals surface area contributed by atoms with E-state index in [9.17, 15) is 14.4 Å².